The van der Waals surface area contributed by atoms with Crippen LogP contribution in [0.25, 0.3) is 5.65 Å². The van der Waals surface area contributed by atoms with Crippen LogP contribution in [0.2, 0.25) is 0 Å². The molecule has 5 nitrogen and oxygen atoms in total. The maximum atomic E-state index is 13.5. The number of hydrogen-bond acceptors (Lipinski definition) is 3. The Kier molecular flexibility index (Phi) is 2.60. The quantitative estimate of drug-likeness (QED) is 0.731. The molecule has 0 saturated carbocycles. The summed E-state index contributed by atoms with van der Waals surface area (Å²) in [5.41, 5.74) is 2.25. The van der Waals surface area contributed by atoms with Gasteiger partial charge >= 0.3 is 6.55 Å². The molecule has 0 radical (unpaired) electrons. The molecule has 0 unspecified atom stereocenters. The second-order valence-corrected chi connectivity index (χ2v) is 5.69. The Morgan fingerprint density at radius 3 is 2.86 bits per heavy atom. The molecule has 4 rings (SSSR count). The highest BCUT2D eigenvalue weighted by Gasteiger charge is 2.40. The topological polar surface area (TPSA) is 48.0 Å². The van der Waals surface area contributed by atoms with Crippen molar-refractivity contribution in [2.45, 2.75) is 31.7 Å². The molecule has 114 valence electrons. The zero-order valence-corrected chi connectivity index (χ0v) is 11.7. The van der Waals surface area contributed by atoms with E-state index in [2.05, 4.69) is 15.2 Å². The predicted octanol–water partition coefficient (Wildman–Crippen LogP) is 2.71. The van der Waals surface area contributed by atoms with Crippen molar-refractivity contribution >= 4 is 5.65 Å². The summed E-state index contributed by atoms with van der Waals surface area (Å²) in [4.78, 5) is 4.19. The second kappa shape index (κ2) is 4.31. The highest BCUT2D eigenvalue weighted by atomic mass is 19.3. The molecule has 0 aliphatic heterocycles. The highest BCUT2D eigenvalue weighted by molar-refractivity contribution is 5.48. The molecule has 3 heterocycles. The Hall–Kier alpha value is -2.38. The Labute approximate surface area is 123 Å². The average molecular weight is 307 g/mol. The lowest BCUT2D eigenvalue weighted by atomic mass is 9.82. The monoisotopic (exact) mass is 307 g/mol. The third-order valence-corrected chi connectivity index (χ3v) is 4.38. The predicted molar refractivity (Wildman–Crippen MR) is 71.2 cm³/mol. The van der Waals surface area contributed by atoms with Gasteiger partial charge in [0.15, 0.2) is 5.65 Å². The lowest BCUT2D eigenvalue weighted by molar-refractivity contribution is 0.0564. The van der Waals surface area contributed by atoms with Crippen LogP contribution >= 0.6 is 0 Å². The molecule has 1 atom stereocenters. The van der Waals surface area contributed by atoms with Gasteiger partial charge in [0.25, 0.3) is 0 Å². The largest absolute Gasteiger partial charge is 0.333 e. The van der Waals surface area contributed by atoms with Gasteiger partial charge in [-0.05, 0) is 25.3 Å². The molecule has 1 aliphatic carbocycles. The van der Waals surface area contributed by atoms with Gasteiger partial charge in [-0.3, -0.25) is 0 Å². The van der Waals surface area contributed by atoms with Crippen molar-refractivity contribution < 1.29 is 13.2 Å². The smallest absolute Gasteiger partial charge is 0.237 e. The van der Waals surface area contributed by atoms with Crippen molar-refractivity contribution in [3.63, 3.8) is 0 Å². The first-order chi connectivity index (χ1) is 10.5. The Balaban J connectivity index is 1.93. The van der Waals surface area contributed by atoms with E-state index < -0.39 is 17.9 Å². The van der Waals surface area contributed by atoms with E-state index in [9.17, 15) is 13.2 Å². The fourth-order valence-corrected chi connectivity index (χ4v) is 3.23. The number of alkyl halides is 2. The first-order valence-corrected chi connectivity index (χ1v) is 6.85. The van der Waals surface area contributed by atoms with Crippen molar-refractivity contribution in [2.75, 3.05) is 0 Å². The van der Waals surface area contributed by atoms with Crippen LogP contribution < -0.4 is 0 Å². The van der Waals surface area contributed by atoms with Gasteiger partial charge in [0.05, 0.1) is 11.9 Å². The van der Waals surface area contributed by atoms with E-state index in [0.29, 0.717) is 22.3 Å². The number of fused-ring (bicyclic) bond motifs is 3. The third kappa shape index (κ3) is 1.69. The maximum Gasteiger partial charge on any atom is 0.333 e. The molecule has 0 aromatic carbocycles. The van der Waals surface area contributed by atoms with Gasteiger partial charge in [0.2, 0.25) is 5.95 Å². The summed E-state index contributed by atoms with van der Waals surface area (Å²) in [7, 11) is 0. The molecule has 0 spiro atoms. The number of hydrogen-bond donors (Lipinski definition) is 0. The number of halogens is 3. The van der Waals surface area contributed by atoms with E-state index in [1.165, 1.54) is 23.0 Å². The summed E-state index contributed by atoms with van der Waals surface area (Å²) in [5, 5.41) is 7.57. The van der Waals surface area contributed by atoms with E-state index >= 15 is 0 Å². The van der Waals surface area contributed by atoms with Gasteiger partial charge in [-0.25, -0.2) is 14.2 Å². The van der Waals surface area contributed by atoms with Crippen LogP contribution in [-0.2, 0) is 11.8 Å². The minimum absolute atomic E-state index is 0.408. The fourth-order valence-electron chi connectivity index (χ4n) is 3.23. The average Bonchev–Trinajstić information content (AvgIpc) is 3.15. The molecule has 0 N–H and O–H groups in total. The summed E-state index contributed by atoms with van der Waals surface area (Å²) < 4.78 is 41.1. The van der Waals surface area contributed by atoms with Crippen LogP contribution in [0.15, 0.2) is 24.7 Å². The summed E-state index contributed by atoms with van der Waals surface area (Å²) in [5.74, 6) is -0.613. The summed E-state index contributed by atoms with van der Waals surface area (Å²) in [6.07, 6.45) is 5.92. The second-order valence-electron chi connectivity index (χ2n) is 5.69. The molecular formula is C14H12F3N5. The molecule has 1 aliphatic rings. The van der Waals surface area contributed by atoms with Crippen LogP contribution in [0, 0.1) is 5.95 Å². The standard InChI is InChI=1S/C14H12F3N5/c1-14(9-6-19-21(7-9)13(16)17)3-2-8-5-18-11-4-10(15)20-22(11)12(8)14/h4-7,13H,2-3H2,1H3/t14-/m0/s1. The number of nitrogens with zero attached hydrogens (tertiary/aromatic N) is 5. The van der Waals surface area contributed by atoms with Gasteiger partial charge < -0.3 is 0 Å². The van der Waals surface area contributed by atoms with Crippen molar-refractivity contribution in [1.82, 2.24) is 24.4 Å². The van der Waals surface area contributed by atoms with Crippen LogP contribution in [0.3, 0.4) is 0 Å². The van der Waals surface area contributed by atoms with Gasteiger partial charge in [0, 0.05) is 29.4 Å². The van der Waals surface area contributed by atoms with Crippen molar-refractivity contribution in [3.05, 3.63) is 47.4 Å². The summed E-state index contributed by atoms with van der Waals surface area (Å²) >= 11 is 0. The molecule has 0 fully saturated rings. The Bertz CT molecular complexity index is 869. The lowest BCUT2D eigenvalue weighted by Gasteiger charge is -2.24. The minimum atomic E-state index is -2.68. The molecular weight excluding hydrogens is 295 g/mol. The fraction of sp³-hybridized carbons (Fsp3) is 0.357. The number of aryl methyl sites for hydroxylation is 1. The molecule has 22 heavy (non-hydrogen) atoms. The first kappa shape index (κ1) is 13.3. The van der Waals surface area contributed by atoms with Gasteiger partial charge in [-0.2, -0.15) is 18.3 Å². The molecule has 0 amide bonds. The van der Waals surface area contributed by atoms with E-state index in [1.807, 2.05) is 6.92 Å². The normalized spacial score (nSPS) is 21.0. The SMILES string of the molecule is C[C@@]1(c2cnn(C(F)F)c2)CCc2cnc3cc(F)nn3c21. The minimum Gasteiger partial charge on any atom is -0.237 e. The zero-order valence-electron chi connectivity index (χ0n) is 11.7. The van der Waals surface area contributed by atoms with Crippen LogP contribution in [0.4, 0.5) is 13.2 Å². The number of aromatic nitrogens is 5. The van der Waals surface area contributed by atoms with Crippen molar-refractivity contribution in [3.8, 4) is 0 Å². The van der Waals surface area contributed by atoms with E-state index in [-0.39, 0.29) is 0 Å². The molecule has 0 saturated heterocycles. The van der Waals surface area contributed by atoms with Crippen LogP contribution in [0.1, 0.15) is 36.7 Å². The third-order valence-electron chi connectivity index (χ3n) is 4.38. The highest BCUT2D eigenvalue weighted by Crippen LogP contribution is 2.43. The lowest BCUT2D eigenvalue weighted by Crippen LogP contribution is -2.23. The molecule has 3 aromatic heterocycles. The molecule has 8 heteroatoms. The van der Waals surface area contributed by atoms with Crippen molar-refractivity contribution in [2.24, 2.45) is 0 Å². The van der Waals surface area contributed by atoms with E-state index in [4.69, 9.17) is 0 Å². The Morgan fingerprint density at radius 1 is 1.32 bits per heavy atom. The van der Waals surface area contributed by atoms with Gasteiger partial charge in [-0.15, -0.1) is 5.10 Å². The van der Waals surface area contributed by atoms with Crippen LogP contribution in [0.5, 0.6) is 0 Å². The van der Waals surface area contributed by atoms with Gasteiger partial charge in [-0.1, -0.05) is 0 Å². The molecule has 0 bridgehead atoms. The Morgan fingerprint density at radius 2 is 2.14 bits per heavy atom. The van der Waals surface area contributed by atoms with Crippen molar-refractivity contribution in [1.29, 1.82) is 0 Å². The zero-order chi connectivity index (χ0) is 15.5. The van der Waals surface area contributed by atoms with Crippen LogP contribution in [-0.4, -0.2) is 24.4 Å². The first-order valence-electron chi connectivity index (χ1n) is 6.85. The summed E-state index contributed by atoms with van der Waals surface area (Å²) in [6, 6.07) is 1.25. The van der Waals surface area contributed by atoms with E-state index in [0.717, 1.165) is 17.7 Å². The van der Waals surface area contributed by atoms with E-state index in [1.54, 1.807) is 6.20 Å². The maximum absolute atomic E-state index is 13.5. The summed E-state index contributed by atoms with van der Waals surface area (Å²) in [6.45, 7) is -0.747. The van der Waals surface area contributed by atoms with Gasteiger partial charge in [0.1, 0.15) is 0 Å². The molecule has 3 aromatic rings. The number of rotatable bonds is 2.